The third kappa shape index (κ3) is 6.78. The van der Waals surface area contributed by atoms with Gasteiger partial charge in [0.05, 0.1) is 36.2 Å². The van der Waals surface area contributed by atoms with Crippen molar-refractivity contribution in [2.24, 2.45) is 17.8 Å². The zero-order valence-corrected chi connectivity index (χ0v) is 31.7. The highest BCUT2D eigenvalue weighted by Gasteiger charge is 2.57. The van der Waals surface area contributed by atoms with Crippen LogP contribution in [-0.2, 0) is 18.8 Å². The first-order chi connectivity index (χ1) is 24.0. The summed E-state index contributed by atoms with van der Waals surface area (Å²) in [5.41, 5.74) is 4.39. The van der Waals surface area contributed by atoms with Crippen molar-refractivity contribution in [1.82, 2.24) is 4.90 Å². The molecule has 3 aromatic carbocycles. The summed E-state index contributed by atoms with van der Waals surface area (Å²) in [6.07, 6.45) is 5.57. The maximum absolute atomic E-state index is 13.8. The van der Waals surface area contributed by atoms with Crippen LogP contribution in [0.25, 0.3) is 6.08 Å². The molecular formula is C42H50ClNO5Si. The minimum absolute atomic E-state index is 0.0448. The van der Waals surface area contributed by atoms with Gasteiger partial charge in [-0.05, 0) is 82.4 Å². The van der Waals surface area contributed by atoms with Crippen LogP contribution in [0.1, 0.15) is 72.3 Å². The standard InChI is InChI=1S/C42H50ClNO5Si/c1-6-22-44-40(46)34-24-30(26-49-50(42(3,4)5,32-14-10-8-11-15-32)33-16-12-9-13-17-33)38-35(39(34)41(44)47)27-48-37(38)21-18-28(7-2)23-29-19-20-31(45)25-36(29)43/h8-17,19-20,23,25,34-35,37,39,45H,6-7,18,21-22,24,26-27H2,1-5H3/b28-23+/t34-,35+,37-,39-/m1/s1. The Balaban J connectivity index is 1.38. The van der Waals surface area contributed by atoms with Crippen molar-refractivity contribution in [1.29, 1.82) is 0 Å². The van der Waals surface area contributed by atoms with Crippen LogP contribution in [0.2, 0.25) is 10.1 Å². The number of carbonyl (C=O) groups is 2. The van der Waals surface area contributed by atoms with Gasteiger partial charge in [0.15, 0.2) is 0 Å². The van der Waals surface area contributed by atoms with Gasteiger partial charge in [-0.25, -0.2) is 0 Å². The Kier molecular flexibility index (Phi) is 10.9. The van der Waals surface area contributed by atoms with E-state index < -0.39 is 8.32 Å². The van der Waals surface area contributed by atoms with Gasteiger partial charge in [-0.3, -0.25) is 14.5 Å². The maximum Gasteiger partial charge on any atom is 0.261 e. The van der Waals surface area contributed by atoms with Crippen LogP contribution in [-0.4, -0.2) is 56.0 Å². The first-order valence-electron chi connectivity index (χ1n) is 18.1. The number of hydrogen-bond acceptors (Lipinski definition) is 5. The van der Waals surface area contributed by atoms with Crippen molar-refractivity contribution in [3.8, 4) is 5.75 Å². The van der Waals surface area contributed by atoms with Crippen molar-refractivity contribution in [3.63, 3.8) is 0 Å². The summed E-state index contributed by atoms with van der Waals surface area (Å²) >= 11 is 6.46. The van der Waals surface area contributed by atoms with Crippen LogP contribution in [0.5, 0.6) is 5.75 Å². The molecule has 0 spiro atoms. The highest BCUT2D eigenvalue weighted by molar-refractivity contribution is 6.99. The lowest BCUT2D eigenvalue weighted by Gasteiger charge is -2.44. The number of halogens is 1. The second-order valence-corrected chi connectivity index (χ2v) is 19.7. The minimum Gasteiger partial charge on any atom is -0.508 e. The molecule has 50 heavy (non-hydrogen) atoms. The highest BCUT2D eigenvalue weighted by atomic mass is 35.5. The third-order valence-corrected chi connectivity index (χ3v) is 16.3. The van der Waals surface area contributed by atoms with Crippen LogP contribution in [0.4, 0.5) is 0 Å². The lowest BCUT2D eigenvalue weighted by molar-refractivity contribution is -0.140. The van der Waals surface area contributed by atoms with Crippen LogP contribution >= 0.6 is 11.6 Å². The topological polar surface area (TPSA) is 76.1 Å². The van der Waals surface area contributed by atoms with E-state index in [0.29, 0.717) is 31.2 Å². The monoisotopic (exact) mass is 711 g/mol. The van der Waals surface area contributed by atoms with Crippen molar-refractivity contribution < 1.29 is 23.9 Å². The fourth-order valence-electron chi connectivity index (χ4n) is 8.59. The molecule has 4 atom stereocenters. The Bertz CT molecular complexity index is 1730. The Labute approximate surface area is 303 Å². The molecule has 2 saturated heterocycles. The number of likely N-dealkylation sites (tertiary alicyclic amines) is 1. The van der Waals surface area contributed by atoms with Gasteiger partial charge in [-0.2, -0.15) is 0 Å². The quantitative estimate of drug-likeness (QED) is 0.117. The second-order valence-electron chi connectivity index (χ2n) is 15.0. The van der Waals surface area contributed by atoms with Crippen LogP contribution in [0, 0.1) is 17.8 Å². The van der Waals surface area contributed by atoms with Gasteiger partial charge >= 0.3 is 0 Å². The number of phenols is 1. The molecule has 3 aromatic rings. The molecule has 0 saturated carbocycles. The van der Waals surface area contributed by atoms with Crippen molar-refractivity contribution in [2.45, 2.75) is 77.9 Å². The Hall–Kier alpha value is -3.49. The smallest absolute Gasteiger partial charge is 0.261 e. The lowest BCUT2D eigenvalue weighted by atomic mass is 9.69. The predicted molar refractivity (Wildman–Crippen MR) is 203 cm³/mol. The molecule has 2 heterocycles. The number of phenolic OH excluding ortho intramolecular Hbond substituents is 1. The number of benzene rings is 3. The average Bonchev–Trinajstić information content (AvgIpc) is 3.63. The largest absolute Gasteiger partial charge is 0.508 e. The number of nitrogens with zero attached hydrogens (tertiary/aromatic N) is 1. The number of rotatable bonds is 12. The molecule has 6 nitrogen and oxygen atoms in total. The summed E-state index contributed by atoms with van der Waals surface area (Å²) < 4.78 is 14.1. The van der Waals surface area contributed by atoms with E-state index in [1.54, 1.807) is 12.1 Å². The van der Waals surface area contributed by atoms with Crippen molar-refractivity contribution in [3.05, 3.63) is 106 Å². The van der Waals surface area contributed by atoms with Crippen LogP contribution in [0.15, 0.2) is 95.6 Å². The highest BCUT2D eigenvalue weighted by Crippen LogP contribution is 2.50. The zero-order valence-electron chi connectivity index (χ0n) is 30.0. The summed E-state index contributed by atoms with van der Waals surface area (Å²) in [6.45, 7) is 12.2. The van der Waals surface area contributed by atoms with E-state index in [0.717, 1.165) is 36.8 Å². The molecule has 6 rings (SSSR count). The predicted octanol–water partition coefficient (Wildman–Crippen LogP) is 7.92. The number of carbonyl (C=O) groups excluding carboxylic acids is 2. The second kappa shape index (κ2) is 15.0. The molecule has 2 amide bonds. The molecule has 0 radical (unpaired) electrons. The fourth-order valence-corrected chi connectivity index (χ4v) is 13.4. The summed E-state index contributed by atoms with van der Waals surface area (Å²) in [5, 5.41) is 12.6. The fraction of sp³-hybridized carbons (Fsp3) is 0.429. The molecule has 0 unspecified atom stereocenters. The Morgan fingerprint density at radius 3 is 2.22 bits per heavy atom. The first-order valence-corrected chi connectivity index (χ1v) is 20.4. The van der Waals surface area contributed by atoms with Gasteiger partial charge in [-0.15, -0.1) is 0 Å². The first kappa shape index (κ1) is 36.3. The number of aromatic hydroxyl groups is 1. The molecule has 1 N–H and O–H groups in total. The van der Waals surface area contributed by atoms with Gasteiger partial charge in [0.2, 0.25) is 11.8 Å². The summed E-state index contributed by atoms with van der Waals surface area (Å²) in [6, 6.07) is 26.3. The van der Waals surface area contributed by atoms with E-state index in [9.17, 15) is 14.7 Å². The number of imide groups is 1. The lowest BCUT2D eigenvalue weighted by Crippen LogP contribution is -2.66. The van der Waals surface area contributed by atoms with Gasteiger partial charge < -0.3 is 14.3 Å². The van der Waals surface area contributed by atoms with E-state index in [1.807, 2.05) is 25.1 Å². The average molecular weight is 712 g/mol. The molecular weight excluding hydrogens is 662 g/mol. The van der Waals surface area contributed by atoms with Crippen LogP contribution in [0.3, 0.4) is 0 Å². The molecule has 0 aromatic heterocycles. The van der Waals surface area contributed by atoms with E-state index in [1.165, 1.54) is 26.4 Å². The van der Waals surface area contributed by atoms with E-state index in [2.05, 4.69) is 82.3 Å². The van der Waals surface area contributed by atoms with E-state index >= 15 is 0 Å². The Morgan fingerprint density at radius 1 is 0.980 bits per heavy atom. The molecule has 8 heteroatoms. The van der Waals surface area contributed by atoms with Gasteiger partial charge in [0, 0.05) is 12.5 Å². The molecule has 0 bridgehead atoms. The summed E-state index contributed by atoms with van der Waals surface area (Å²) in [5.74, 6) is -0.863. The van der Waals surface area contributed by atoms with Crippen molar-refractivity contribution >= 4 is 48.2 Å². The third-order valence-electron chi connectivity index (χ3n) is 11.0. The van der Waals surface area contributed by atoms with Gasteiger partial charge in [-0.1, -0.05) is 119 Å². The Morgan fingerprint density at radius 2 is 1.64 bits per heavy atom. The molecule has 1 aliphatic carbocycles. The molecule has 2 fully saturated rings. The van der Waals surface area contributed by atoms with Gasteiger partial charge in [0.25, 0.3) is 8.32 Å². The van der Waals surface area contributed by atoms with Crippen LogP contribution < -0.4 is 10.4 Å². The number of fused-ring (bicyclic) bond motifs is 3. The molecule has 3 aliphatic rings. The maximum atomic E-state index is 13.8. The molecule has 264 valence electrons. The summed E-state index contributed by atoms with van der Waals surface area (Å²) in [4.78, 5) is 29.2. The van der Waals surface area contributed by atoms with Gasteiger partial charge in [0.1, 0.15) is 5.75 Å². The number of amides is 2. The van der Waals surface area contributed by atoms with Crippen molar-refractivity contribution in [2.75, 3.05) is 19.8 Å². The number of allylic oxidation sites excluding steroid dienone is 1. The zero-order chi connectivity index (χ0) is 35.6. The van der Waals surface area contributed by atoms with E-state index in [-0.39, 0.29) is 46.5 Å². The molecule has 2 aliphatic heterocycles. The SMILES string of the molecule is CCCN1C(=O)[C@@H]2[C@@H](CC(CO[Si](c3ccccc3)(c3ccccc3)C(C)(C)C)=C3[C@@H](CC/C(=C/c4ccc(O)cc4Cl)CC)OC[C@@H]32)C1=O. The minimum atomic E-state index is -2.86. The summed E-state index contributed by atoms with van der Waals surface area (Å²) in [7, 11) is -2.86. The van der Waals surface area contributed by atoms with E-state index in [4.69, 9.17) is 20.8 Å². The number of hydrogen-bond donors (Lipinski definition) is 1. The normalized spacial score (nSPS) is 22.7. The number of ether oxygens (including phenoxy) is 1.